The number of hydrogen-bond acceptors (Lipinski definition) is 3. The molecule has 0 bridgehead atoms. The number of aromatic hydroxyl groups is 1. The highest BCUT2D eigenvalue weighted by Gasteiger charge is 2.08. The molecule has 0 fully saturated rings. The molecule has 0 aromatic heterocycles. The van der Waals surface area contributed by atoms with Gasteiger partial charge in [-0.2, -0.15) is 0 Å². The first-order chi connectivity index (χ1) is 6.19. The van der Waals surface area contributed by atoms with Gasteiger partial charge in [0.1, 0.15) is 0 Å². The summed E-state index contributed by atoms with van der Waals surface area (Å²) in [6, 6.07) is 3.25. The van der Waals surface area contributed by atoms with Crippen LogP contribution in [-0.4, -0.2) is 18.8 Å². The van der Waals surface area contributed by atoms with Crippen LogP contribution < -0.4 is 10.5 Å². The van der Waals surface area contributed by atoms with Gasteiger partial charge in [0.15, 0.2) is 11.5 Å². The van der Waals surface area contributed by atoms with Crippen LogP contribution in [0.2, 0.25) is 5.02 Å². The Morgan fingerprint density at radius 1 is 1.54 bits per heavy atom. The van der Waals surface area contributed by atoms with Gasteiger partial charge >= 0.3 is 0 Å². The third kappa shape index (κ3) is 2.26. The summed E-state index contributed by atoms with van der Waals surface area (Å²) < 4.78 is 4.94. The molecule has 0 aliphatic heterocycles. The van der Waals surface area contributed by atoms with E-state index in [-0.39, 0.29) is 5.75 Å². The van der Waals surface area contributed by atoms with E-state index in [0.29, 0.717) is 29.3 Å². The summed E-state index contributed by atoms with van der Waals surface area (Å²) in [5.41, 5.74) is 6.09. The summed E-state index contributed by atoms with van der Waals surface area (Å²) in [5, 5.41) is 10.1. The molecule has 13 heavy (non-hydrogen) atoms. The Labute approximate surface area is 82.1 Å². The monoisotopic (exact) mass is 201 g/mol. The Balaban J connectivity index is 3.11. The van der Waals surface area contributed by atoms with Crippen molar-refractivity contribution in [3.8, 4) is 11.5 Å². The minimum Gasteiger partial charge on any atom is -0.504 e. The SMILES string of the molecule is COc1cc(Cl)cc(CCN)c1O. The Bertz CT molecular complexity index is 302. The number of nitrogens with two attached hydrogens (primary N) is 1. The van der Waals surface area contributed by atoms with E-state index in [9.17, 15) is 5.11 Å². The molecule has 72 valence electrons. The van der Waals surface area contributed by atoms with Gasteiger partial charge < -0.3 is 15.6 Å². The minimum atomic E-state index is 0.123. The summed E-state index contributed by atoms with van der Waals surface area (Å²) in [6.45, 7) is 0.469. The van der Waals surface area contributed by atoms with Crippen LogP contribution in [-0.2, 0) is 6.42 Å². The molecule has 0 spiro atoms. The number of benzene rings is 1. The van der Waals surface area contributed by atoms with Gasteiger partial charge in [0.05, 0.1) is 7.11 Å². The van der Waals surface area contributed by atoms with Crippen LogP contribution in [0.1, 0.15) is 5.56 Å². The molecule has 0 radical (unpaired) electrons. The van der Waals surface area contributed by atoms with Gasteiger partial charge in [0.25, 0.3) is 0 Å². The fourth-order valence-corrected chi connectivity index (χ4v) is 1.36. The van der Waals surface area contributed by atoms with Crippen molar-refractivity contribution >= 4 is 11.6 Å². The molecule has 1 aromatic rings. The number of halogens is 1. The van der Waals surface area contributed by atoms with Crippen molar-refractivity contribution in [1.82, 2.24) is 0 Å². The van der Waals surface area contributed by atoms with E-state index in [1.54, 1.807) is 12.1 Å². The van der Waals surface area contributed by atoms with Gasteiger partial charge in [-0.25, -0.2) is 0 Å². The molecule has 0 heterocycles. The van der Waals surface area contributed by atoms with Crippen molar-refractivity contribution in [2.24, 2.45) is 5.73 Å². The maximum absolute atomic E-state index is 9.61. The molecule has 1 aromatic carbocycles. The summed E-state index contributed by atoms with van der Waals surface area (Å²) in [4.78, 5) is 0. The van der Waals surface area contributed by atoms with E-state index < -0.39 is 0 Å². The maximum atomic E-state index is 9.61. The number of rotatable bonds is 3. The smallest absolute Gasteiger partial charge is 0.162 e. The zero-order valence-electron chi connectivity index (χ0n) is 7.38. The Kier molecular flexibility index (Phi) is 3.39. The van der Waals surface area contributed by atoms with Crippen LogP contribution in [0, 0.1) is 0 Å². The van der Waals surface area contributed by atoms with E-state index in [2.05, 4.69) is 0 Å². The second-order valence-corrected chi connectivity index (χ2v) is 3.09. The molecule has 4 heteroatoms. The van der Waals surface area contributed by atoms with Crippen molar-refractivity contribution in [2.45, 2.75) is 6.42 Å². The summed E-state index contributed by atoms with van der Waals surface area (Å²) in [6.07, 6.45) is 0.586. The zero-order valence-corrected chi connectivity index (χ0v) is 8.14. The molecular weight excluding hydrogens is 190 g/mol. The quantitative estimate of drug-likeness (QED) is 0.781. The van der Waals surface area contributed by atoms with Gasteiger partial charge in [-0.1, -0.05) is 11.6 Å². The summed E-state index contributed by atoms with van der Waals surface area (Å²) in [7, 11) is 1.48. The lowest BCUT2D eigenvalue weighted by Gasteiger charge is -2.08. The van der Waals surface area contributed by atoms with Crippen molar-refractivity contribution in [2.75, 3.05) is 13.7 Å². The molecule has 0 unspecified atom stereocenters. The first kappa shape index (κ1) is 10.2. The lowest BCUT2D eigenvalue weighted by molar-refractivity contribution is 0.370. The highest BCUT2D eigenvalue weighted by molar-refractivity contribution is 6.30. The number of phenolic OH excluding ortho intramolecular Hbond substituents is 1. The second-order valence-electron chi connectivity index (χ2n) is 2.65. The third-order valence-electron chi connectivity index (χ3n) is 1.75. The predicted molar refractivity (Wildman–Crippen MR) is 52.4 cm³/mol. The van der Waals surface area contributed by atoms with Crippen molar-refractivity contribution in [3.05, 3.63) is 22.7 Å². The van der Waals surface area contributed by atoms with Gasteiger partial charge in [-0.3, -0.25) is 0 Å². The molecule has 0 saturated heterocycles. The first-order valence-electron chi connectivity index (χ1n) is 3.94. The lowest BCUT2D eigenvalue weighted by Crippen LogP contribution is -2.03. The summed E-state index contributed by atoms with van der Waals surface area (Å²) in [5.74, 6) is 0.508. The Hall–Kier alpha value is -0.930. The van der Waals surface area contributed by atoms with Crippen LogP contribution in [0.3, 0.4) is 0 Å². The first-order valence-corrected chi connectivity index (χ1v) is 4.32. The van der Waals surface area contributed by atoms with Crippen LogP contribution in [0.15, 0.2) is 12.1 Å². The van der Waals surface area contributed by atoms with Crippen LogP contribution >= 0.6 is 11.6 Å². The maximum Gasteiger partial charge on any atom is 0.162 e. The number of phenols is 1. The summed E-state index contributed by atoms with van der Waals surface area (Å²) >= 11 is 5.80. The Morgan fingerprint density at radius 3 is 2.77 bits per heavy atom. The van der Waals surface area contributed by atoms with Crippen molar-refractivity contribution < 1.29 is 9.84 Å². The zero-order chi connectivity index (χ0) is 9.84. The minimum absolute atomic E-state index is 0.123. The van der Waals surface area contributed by atoms with E-state index >= 15 is 0 Å². The van der Waals surface area contributed by atoms with Crippen molar-refractivity contribution in [1.29, 1.82) is 0 Å². The molecule has 3 nitrogen and oxygen atoms in total. The van der Waals surface area contributed by atoms with E-state index in [1.165, 1.54) is 7.11 Å². The topological polar surface area (TPSA) is 55.5 Å². The number of hydrogen-bond donors (Lipinski definition) is 2. The average molecular weight is 202 g/mol. The largest absolute Gasteiger partial charge is 0.504 e. The van der Waals surface area contributed by atoms with E-state index in [1.807, 2.05) is 0 Å². The molecule has 3 N–H and O–H groups in total. The number of ether oxygens (including phenoxy) is 1. The molecule has 0 amide bonds. The van der Waals surface area contributed by atoms with Crippen LogP contribution in [0.25, 0.3) is 0 Å². The van der Waals surface area contributed by atoms with Crippen LogP contribution in [0.4, 0.5) is 0 Å². The lowest BCUT2D eigenvalue weighted by atomic mass is 10.1. The van der Waals surface area contributed by atoms with E-state index in [0.717, 1.165) is 0 Å². The average Bonchev–Trinajstić information content (AvgIpc) is 2.11. The van der Waals surface area contributed by atoms with Gasteiger partial charge in [-0.15, -0.1) is 0 Å². The highest BCUT2D eigenvalue weighted by Crippen LogP contribution is 2.33. The normalized spacial score (nSPS) is 10.1. The molecule has 0 saturated carbocycles. The highest BCUT2D eigenvalue weighted by atomic mass is 35.5. The van der Waals surface area contributed by atoms with Gasteiger partial charge in [0, 0.05) is 16.7 Å². The number of methoxy groups -OCH3 is 1. The fraction of sp³-hybridized carbons (Fsp3) is 0.333. The predicted octanol–water partition coefficient (Wildman–Crippen LogP) is 1.56. The molecule has 0 atom stereocenters. The standard InChI is InChI=1S/C9H12ClNO2/c1-13-8-5-7(10)4-6(2-3-11)9(8)12/h4-5,12H,2-3,11H2,1H3. The van der Waals surface area contributed by atoms with Crippen molar-refractivity contribution in [3.63, 3.8) is 0 Å². The third-order valence-corrected chi connectivity index (χ3v) is 1.97. The fourth-order valence-electron chi connectivity index (χ4n) is 1.13. The Morgan fingerprint density at radius 2 is 2.23 bits per heavy atom. The molecular formula is C9H12ClNO2. The molecule has 0 aliphatic rings. The molecule has 0 aliphatic carbocycles. The molecule has 1 rings (SSSR count). The van der Waals surface area contributed by atoms with Gasteiger partial charge in [0.2, 0.25) is 0 Å². The van der Waals surface area contributed by atoms with Gasteiger partial charge in [-0.05, 0) is 19.0 Å². The van der Waals surface area contributed by atoms with E-state index in [4.69, 9.17) is 22.1 Å². The second kappa shape index (κ2) is 4.35. The van der Waals surface area contributed by atoms with Crippen LogP contribution in [0.5, 0.6) is 11.5 Å².